The van der Waals surface area contributed by atoms with Crippen molar-refractivity contribution in [3.63, 3.8) is 0 Å². The number of rotatable bonds is 1. The summed E-state index contributed by atoms with van der Waals surface area (Å²) in [6, 6.07) is 10.6. The normalized spacial score (nSPS) is 12.3. The highest BCUT2D eigenvalue weighted by Crippen LogP contribution is 2.33. The van der Waals surface area contributed by atoms with Crippen LogP contribution < -0.4 is 0 Å². The Morgan fingerprint density at radius 1 is 0.933 bits per heavy atom. The van der Waals surface area contributed by atoms with E-state index in [1.165, 1.54) is 5.56 Å². The molecule has 0 unspecified atom stereocenters. The number of nitriles is 1. The number of hydrogen-bond acceptors (Lipinski definition) is 1. The molecule has 0 heterocycles. The second kappa shape index (κ2) is 3.70. The SMILES string of the molecule is CC(C)(C)c1ccccc1C(C)(C)C#N. The van der Waals surface area contributed by atoms with Crippen molar-refractivity contribution in [2.75, 3.05) is 0 Å². The van der Waals surface area contributed by atoms with Crippen molar-refractivity contribution in [2.24, 2.45) is 0 Å². The maximum atomic E-state index is 9.19. The summed E-state index contributed by atoms with van der Waals surface area (Å²) in [6.45, 7) is 10.5. The highest BCUT2D eigenvalue weighted by molar-refractivity contribution is 5.41. The van der Waals surface area contributed by atoms with E-state index in [0.717, 1.165) is 5.56 Å². The van der Waals surface area contributed by atoms with Crippen LogP contribution in [0.5, 0.6) is 0 Å². The van der Waals surface area contributed by atoms with E-state index in [4.69, 9.17) is 0 Å². The molecule has 0 spiro atoms. The average Bonchev–Trinajstić information content (AvgIpc) is 2.16. The Labute approximate surface area is 92.7 Å². The predicted octanol–water partition coefficient (Wildman–Crippen LogP) is 3.79. The minimum absolute atomic E-state index is 0.0880. The van der Waals surface area contributed by atoms with Crippen LogP contribution >= 0.6 is 0 Å². The van der Waals surface area contributed by atoms with Crippen LogP contribution in [0.25, 0.3) is 0 Å². The fourth-order valence-corrected chi connectivity index (χ4v) is 1.74. The van der Waals surface area contributed by atoms with Crippen LogP contribution in [0.1, 0.15) is 45.7 Å². The summed E-state index contributed by atoms with van der Waals surface area (Å²) in [7, 11) is 0. The van der Waals surface area contributed by atoms with E-state index >= 15 is 0 Å². The molecule has 0 amide bonds. The molecule has 0 atom stereocenters. The van der Waals surface area contributed by atoms with Crippen molar-refractivity contribution >= 4 is 0 Å². The molecular formula is C14H19N. The van der Waals surface area contributed by atoms with Gasteiger partial charge in [0, 0.05) is 0 Å². The zero-order chi connectivity index (χ0) is 11.7. The summed E-state index contributed by atoms with van der Waals surface area (Å²) in [5.74, 6) is 0. The van der Waals surface area contributed by atoms with Crippen LogP contribution in [0.3, 0.4) is 0 Å². The van der Waals surface area contributed by atoms with Gasteiger partial charge in [-0.25, -0.2) is 0 Å². The number of benzene rings is 1. The van der Waals surface area contributed by atoms with E-state index in [9.17, 15) is 5.26 Å². The van der Waals surface area contributed by atoms with Gasteiger partial charge in [-0.2, -0.15) is 5.26 Å². The van der Waals surface area contributed by atoms with Gasteiger partial charge in [-0.05, 0) is 30.4 Å². The Kier molecular flexibility index (Phi) is 2.90. The molecule has 15 heavy (non-hydrogen) atoms. The van der Waals surface area contributed by atoms with Crippen molar-refractivity contribution < 1.29 is 0 Å². The van der Waals surface area contributed by atoms with Crippen LogP contribution in [-0.4, -0.2) is 0 Å². The molecule has 0 aliphatic carbocycles. The Balaban J connectivity index is 3.39. The summed E-state index contributed by atoms with van der Waals surface area (Å²) in [5, 5.41) is 9.19. The lowest BCUT2D eigenvalue weighted by Crippen LogP contribution is -2.22. The van der Waals surface area contributed by atoms with Crippen molar-refractivity contribution in [1.29, 1.82) is 5.26 Å². The molecule has 0 N–H and O–H groups in total. The average molecular weight is 201 g/mol. The lowest BCUT2D eigenvalue weighted by molar-refractivity contribution is 0.560. The van der Waals surface area contributed by atoms with Gasteiger partial charge in [0.2, 0.25) is 0 Å². The molecule has 1 heteroatoms. The van der Waals surface area contributed by atoms with Gasteiger partial charge in [0.05, 0.1) is 11.5 Å². The molecule has 0 bridgehead atoms. The zero-order valence-electron chi connectivity index (χ0n) is 10.3. The first-order valence-corrected chi connectivity index (χ1v) is 5.30. The lowest BCUT2D eigenvalue weighted by Gasteiger charge is -2.28. The van der Waals surface area contributed by atoms with Gasteiger partial charge in [0.25, 0.3) is 0 Å². The van der Waals surface area contributed by atoms with Crippen molar-refractivity contribution in [2.45, 2.75) is 45.4 Å². The molecule has 1 rings (SSSR count). The molecule has 1 nitrogen and oxygen atoms in total. The molecule has 0 radical (unpaired) electrons. The molecule has 0 saturated heterocycles. The summed E-state index contributed by atoms with van der Waals surface area (Å²) < 4.78 is 0. The molecular weight excluding hydrogens is 182 g/mol. The first kappa shape index (κ1) is 11.8. The predicted molar refractivity (Wildman–Crippen MR) is 63.8 cm³/mol. The largest absolute Gasteiger partial charge is 0.197 e. The van der Waals surface area contributed by atoms with Gasteiger partial charge >= 0.3 is 0 Å². The molecule has 0 aliphatic rings. The minimum atomic E-state index is -0.413. The topological polar surface area (TPSA) is 23.8 Å². The van der Waals surface area contributed by atoms with Crippen LogP contribution in [0, 0.1) is 11.3 Å². The maximum absolute atomic E-state index is 9.19. The number of hydrogen-bond donors (Lipinski definition) is 0. The van der Waals surface area contributed by atoms with Gasteiger partial charge < -0.3 is 0 Å². The van der Waals surface area contributed by atoms with Gasteiger partial charge in [-0.15, -0.1) is 0 Å². The Morgan fingerprint density at radius 2 is 1.40 bits per heavy atom. The summed E-state index contributed by atoms with van der Waals surface area (Å²) in [6.07, 6.45) is 0. The molecule has 80 valence electrons. The zero-order valence-corrected chi connectivity index (χ0v) is 10.3. The third-order valence-electron chi connectivity index (χ3n) is 2.69. The monoisotopic (exact) mass is 201 g/mol. The van der Waals surface area contributed by atoms with Gasteiger partial charge in [-0.1, -0.05) is 45.0 Å². The maximum Gasteiger partial charge on any atom is 0.0769 e. The first-order valence-electron chi connectivity index (χ1n) is 5.30. The molecule has 0 aromatic heterocycles. The van der Waals surface area contributed by atoms with Crippen LogP contribution in [0.4, 0.5) is 0 Å². The van der Waals surface area contributed by atoms with Crippen LogP contribution in [0.2, 0.25) is 0 Å². The van der Waals surface area contributed by atoms with Gasteiger partial charge in [0.1, 0.15) is 0 Å². The van der Waals surface area contributed by atoms with Crippen molar-refractivity contribution in [3.8, 4) is 6.07 Å². The highest BCUT2D eigenvalue weighted by atomic mass is 14.4. The second-order valence-electron chi connectivity index (χ2n) is 5.53. The lowest BCUT2D eigenvalue weighted by atomic mass is 9.75. The Hall–Kier alpha value is -1.29. The van der Waals surface area contributed by atoms with Crippen molar-refractivity contribution in [3.05, 3.63) is 35.4 Å². The molecule has 0 saturated carbocycles. The molecule has 1 aromatic rings. The summed E-state index contributed by atoms with van der Waals surface area (Å²) >= 11 is 0. The van der Waals surface area contributed by atoms with E-state index in [1.54, 1.807) is 0 Å². The van der Waals surface area contributed by atoms with E-state index < -0.39 is 5.41 Å². The fraction of sp³-hybridized carbons (Fsp3) is 0.500. The van der Waals surface area contributed by atoms with E-state index in [-0.39, 0.29) is 5.41 Å². The summed E-state index contributed by atoms with van der Waals surface area (Å²) in [4.78, 5) is 0. The van der Waals surface area contributed by atoms with Crippen LogP contribution in [-0.2, 0) is 10.8 Å². The quantitative estimate of drug-likeness (QED) is 0.678. The summed E-state index contributed by atoms with van der Waals surface area (Å²) in [5.41, 5.74) is 2.07. The van der Waals surface area contributed by atoms with E-state index in [0.29, 0.717) is 0 Å². The first-order chi connectivity index (χ1) is 6.79. The second-order valence-corrected chi connectivity index (χ2v) is 5.53. The van der Waals surface area contributed by atoms with E-state index in [2.05, 4.69) is 39.0 Å². The van der Waals surface area contributed by atoms with Crippen LogP contribution in [0.15, 0.2) is 24.3 Å². The standard InChI is InChI=1S/C14H19N/c1-13(2,3)11-8-6-7-9-12(11)14(4,5)10-15/h6-9H,1-5H3. The molecule has 0 fully saturated rings. The highest BCUT2D eigenvalue weighted by Gasteiger charge is 2.27. The third kappa shape index (κ3) is 2.39. The minimum Gasteiger partial charge on any atom is -0.197 e. The smallest absolute Gasteiger partial charge is 0.0769 e. The number of nitrogens with zero attached hydrogens (tertiary/aromatic N) is 1. The Morgan fingerprint density at radius 3 is 1.80 bits per heavy atom. The van der Waals surface area contributed by atoms with E-state index in [1.807, 2.05) is 26.0 Å². The molecule has 0 aliphatic heterocycles. The van der Waals surface area contributed by atoms with Crippen molar-refractivity contribution in [1.82, 2.24) is 0 Å². The third-order valence-corrected chi connectivity index (χ3v) is 2.69. The van der Waals surface area contributed by atoms with Gasteiger partial charge in [0.15, 0.2) is 0 Å². The molecule has 1 aromatic carbocycles. The van der Waals surface area contributed by atoms with Gasteiger partial charge in [-0.3, -0.25) is 0 Å². The Bertz CT molecular complexity index is 389. The fourth-order valence-electron chi connectivity index (χ4n) is 1.74.